The molecule has 19 heavy (non-hydrogen) atoms. The van der Waals surface area contributed by atoms with E-state index in [2.05, 4.69) is 24.4 Å². The molecule has 1 unspecified atom stereocenters. The minimum atomic E-state index is 0.370. The van der Waals surface area contributed by atoms with E-state index in [-0.39, 0.29) is 0 Å². The van der Waals surface area contributed by atoms with E-state index in [1.165, 1.54) is 18.4 Å². The molecule has 0 saturated heterocycles. The SMILES string of the molecule is COc1ccc(C(C)NCCCOCC2CC2)cc1. The summed E-state index contributed by atoms with van der Waals surface area (Å²) in [6.07, 6.45) is 3.81. The molecule has 1 aliphatic rings. The second-order valence-corrected chi connectivity index (χ2v) is 5.32. The van der Waals surface area contributed by atoms with Crippen LogP contribution in [0.2, 0.25) is 0 Å². The number of methoxy groups -OCH3 is 1. The quantitative estimate of drug-likeness (QED) is 0.694. The minimum Gasteiger partial charge on any atom is -0.497 e. The van der Waals surface area contributed by atoms with Crippen LogP contribution < -0.4 is 10.1 Å². The van der Waals surface area contributed by atoms with Crippen LogP contribution in [0.25, 0.3) is 0 Å². The average molecular weight is 263 g/mol. The average Bonchev–Trinajstić information content (AvgIpc) is 3.26. The zero-order valence-corrected chi connectivity index (χ0v) is 12.0. The third-order valence-electron chi connectivity index (χ3n) is 3.58. The van der Waals surface area contributed by atoms with Crippen molar-refractivity contribution in [2.45, 2.75) is 32.2 Å². The molecule has 0 heterocycles. The van der Waals surface area contributed by atoms with Gasteiger partial charge in [0.05, 0.1) is 7.11 Å². The summed E-state index contributed by atoms with van der Waals surface area (Å²) in [5.74, 6) is 1.77. The van der Waals surface area contributed by atoms with Crippen molar-refractivity contribution in [1.82, 2.24) is 5.32 Å². The zero-order valence-electron chi connectivity index (χ0n) is 12.0. The van der Waals surface area contributed by atoms with Gasteiger partial charge in [0.1, 0.15) is 5.75 Å². The van der Waals surface area contributed by atoms with Gasteiger partial charge in [0.25, 0.3) is 0 Å². The van der Waals surface area contributed by atoms with Gasteiger partial charge in [-0.1, -0.05) is 12.1 Å². The standard InChI is InChI=1S/C16H25NO2/c1-13(15-6-8-16(18-2)9-7-15)17-10-3-11-19-12-14-4-5-14/h6-9,13-14,17H,3-5,10-12H2,1-2H3. The van der Waals surface area contributed by atoms with Gasteiger partial charge < -0.3 is 14.8 Å². The maximum Gasteiger partial charge on any atom is 0.118 e. The number of benzene rings is 1. The van der Waals surface area contributed by atoms with E-state index in [4.69, 9.17) is 9.47 Å². The molecule has 1 atom stereocenters. The monoisotopic (exact) mass is 263 g/mol. The summed E-state index contributed by atoms with van der Waals surface area (Å²) in [5, 5.41) is 3.52. The number of hydrogen-bond acceptors (Lipinski definition) is 3. The summed E-state index contributed by atoms with van der Waals surface area (Å²) in [7, 11) is 1.69. The summed E-state index contributed by atoms with van der Waals surface area (Å²) in [4.78, 5) is 0. The lowest BCUT2D eigenvalue weighted by molar-refractivity contribution is 0.121. The molecule has 3 nitrogen and oxygen atoms in total. The van der Waals surface area contributed by atoms with Gasteiger partial charge in [-0.25, -0.2) is 0 Å². The minimum absolute atomic E-state index is 0.370. The van der Waals surface area contributed by atoms with Crippen molar-refractivity contribution in [1.29, 1.82) is 0 Å². The molecule has 0 amide bonds. The summed E-state index contributed by atoms with van der Waals surface area (Å²) < 4.78 is 10.8. The number of rotatable bonds is 9. The van der Waals surface area contributed by atoms with Crippen molar-refractivity contribution in [2.24, 2.45) is 5.92 Å². The van der Waals surface area contributed by atoms with E-state index in [1.807, 2.05) is 12.1 Å². The second kappa shape index (κ2) is 7.51. The fourth-order valence-corrected chi connectivity index (χ4v) is 2.04. The molecule has 106 valence electrons. The molecule has 1 aromatic carbocycles. The summed E-state index contributed by atoms with van der Waals surface area (Å²) in [6, 6.07) is 8.60. The Labute approximate surface area is 116 Å². The second-order valence-electron chi connectivity index (χ2n) is 5.32. The Kier molecular flexibility index (Phi) is 5.67. The first-order chi connectivity index (χ1) is 9.29. The lowest BCUT2D eigenvalue weighted by Gasteiger charge is -2.14. The molecule has 0 radical (unpaired) electrons. The van der Waals surface area contributed by atoms with Gasteiger partial charge in [0.15, 0.2) is 0 Å². The molecule has 1 saturated carbocycles. The maximum atomic E-state index is 5.62. The number of hydrogen-bond donors (Lipinski definition) is 1. The van der Waals surface area contributed by atoms with Gasteiger partial charge >= 0.3 is 0 Å². The van der Waals surface area contributed by atoms with Crippen LogP contribution in [0.5, 0.6) is 5.75 Å². The van der Waals surface area contributed by atoms with Crippen LogP contribution in [0.15, 0.2) is 24.3 Å². The van der Waals surface area contributed by atoms with Crippen LogP contribution in [0, 0.1) is 5.92 Å². The largest absolute Gasteiger partial charge is 0.497 e. The van der Waals surface area contributed by atoms with Crippen LogP contribution >= 0.6 is 0 Å². The first-order valence-corrected chi connectivity index (χ1v) is 7.24. The van der Waals surface area contributed by atoms with Gasteiger partial charge in [0, 0.05) is 19.3 Å². The first kappa shape index (κ1) is 14.4. The Morgan fingerprint density at radius 1 is 1.26 bits per heavy atom. The van der Waals surface area contributed by atoms with Crippen LogP contribution in [-0.4, -0.2) is 26.9 Å². The molecule has 0 aliphatic heterocycles. The van der Waals surface area contributed by atoms with E-state index in [1.54, 1.807) is 7.11 Å². The summed E-state index contributed by atoms with van der Waals surface area (Å²) >= 11 is 0. The molecule has 1 aromatic rings. The Balaban J connectivity index is 1.58. The normalized spacial score (nSPS) is 16.3. The smallest absolute Gasteiger partial charge is 0.118 e. The predicted molar refractivity (Wildman–Crippen MR) is 77.6 cm³/mol. The highest BCUT2D eigenvalue weighted by Gasteiger charge is 2.20. The zero-order chi connectivity index (χ0) is 13.5. The van der Waals surface area contributed by atoms with Gasteiger partial charge in [-0.05, 0) is 56.3 Å². The van der Waals surface area contributed by atoms with Crippen molar-refractivity contribution in [3.63, 3.8) is 0 Å². The fraction of sp³-hybridized carbons (Fsp3) is 0.625. The molecule has 1 fully saturated rings. The van der Waals surface area contributed by atoms with E-state index in [0.717, 1.165) is 37.8 Å². The molecule has 3 heteroatoms. The van der Waals surface area contributed by atoms with Gasteiger partial charge in [-0.15, -0.1) is 0 Å². The van der Waals surface area contributed by atoms with E-state index in [0.29, 0.717) is 6.04 Å². The Morgan fingerprint density at radius 3 is 2.63 bits per heavy atom. The molecule has 1 aliphatic carbocycles. The molecule has 1 N–H and O–H groups in total. The highest BCUT2D eigenvalue weighted by Crippen LogP contribution is 2.28. The van der Waals surface area contributed by atoms with Crippen molar-refractivity contribution in [3.8, 4) is 5.75 Å². The van der Waals surface area contributed by atoms with Crippen molar-refractivity contribution in [3.05, 3.63) is 29.8 Å². The van der Waals surface area contributed by atoms with Crippen molar-refractivity contribution in [2.75, 3.05) is 26.9 Å². The molecular weight excluding hydrogens is 238 g/mol. The summed E-state index contributed by atoms with van der Waals surface area (Å²) in [5.41, 5.74) is 1.29. The highest BCUT2D eigenvalue weighted by molar-refractivity contribution is 5.28. The van der Waals surface area contributed by atoms with Crippen LogP contribution in [0.1, 0.15) is 37.8 Å². The first-order valence-electron chi connectivity index (χ1n) is 7.24. The van der Waals surface area contributed by atoms with Crippen molar-refractivity contribution >= 4 is 0 Å². The number of ether oxygens (including phenoxy) is 2. The van der Waals surface area contributed by atoms with Crippen molar-refractivity contribution < 1.29 is 9.47 Å². The third kappa shape index (κ3) is 5.21. The topological polar surface area (TPSA) is 30.5 Å². The Hall–Kier alpha value is -1.06. The molecule has 0 aromatic heterocycles. The molecular formula is C16H25NO2. The lowest BCUT2D eigenvalue weighted by Crippen LogP contribution is -2.21. The van der Waals surface area contributed by atoms with E-state index in [9.17, 15) is 0 Å². The fourth-order valence-electron chi connectivity index (χ4n) is 2.04. The third-order valence-corrected chi connectivity index (χ3v) is 3.58. The van der Waals surface area contributed by atoms with Gasteiger partial charge in [-0.3, -0.25) is 0 Å². The van der Waals surface area contributed by atoms with E-state index < -0.39 is 0 Å². The predicted octanol–water partition coefficient (Wildman–Crippen LogP) is 3.16. The molecule has 2 rings (SSSR count). The number of nitrogens with one attached hydrogen (secondary N) is 1. The van der Waals surface area contributed by atoms with Gasteiger partial charge in [-0.2, -0.15) is 0 Å². The summed E-state index contributed by atoms with van der Waals surface area (Å²) in [6.45, 7) is 5.03. The lowest BCUT2D eigenvalue weighted by atomic mass is 10.1. The molecule has 0 spiro atoms. The van der Waals surface area contributed by atoms with Crippen LogP contribution in [-0.2, 0) is 4.74 Å². The van der Waals surface area contributed by atoms with Gasteiger partial charge in [0.2, 0.25) is 0 Å². The molecule has 0 bridgehead atoms. The van der Waals surface area contributed by atoms with Crippen LogP contribution in [0.3, 0.4) is 0 Å². The van der Waals surface area contributed by atoms with E-state index >= 15 is 0 Å². The Bertz CT molecular complexity index is 360. The highest BCUT2D eigenvalue weighted by atomic mass is 16.5. The Morgan fingerprint density at radius 2 is 2.00 bits per heavy atom. The maximum absolute atomic E-state index is 5.62. The van der Waals surface area contributed by atoms with Crippen LogP contribution in [0.4, 0.5) is 0 Å².